The fourth-order valence-corrected chi connectivity index (χ4v) is 1.71. The third-order valence-corrected chi connectivity index (χ3v) is 2.87. The van der Waals surface area contributed by atoms with Gasteiger partial charge in [0.05, 0.1) is 25.4 Å². The molecule has 1 rings (SSSR count). The molecule has 130 valence electrons. The summed E-state index contributed by atoms with van der Waals surface area (Å²) in [6, 6.07) is 5.21. The van der Waals surface area contributed by atoms with E-state index in [1.807, 2.05) is 13.8 Å². The lowest BCUT2D eigenvalue weighted by molar-refractivity contribution is 0.0458. The number of benzene rings is 1. The van der Waals surface area contributed by atoms with E-state index in [1.165, 1.54) is 0 Å². The normalized spacial score (nSPS) is 11.2. The summed E-state index contributed by atoms with van der Waals surface area (Å²) in [7, 11) is 0. The van der Waals surface area contributed by atoms with Crippen molar-refractivity contribution in [3.05, 3.63) is 23.8 Å². The summed E-state index contributed by atoms with van der Waals surface area (Å²) in [6.45, 7) is 13.9. The third kappa shape index (κ3) is 7.40. The molecule has 4 heteroatoms. The van der Waals surface area contributed by atoms with Crippen LogP contribution in [0.3, 0.4) is 0 Å². The Kier molecular flexibility index (Phi) is 7.93. The molecule has 0 heterocycles. The van der Waals surface area contributed by atoms with Crippen molar-refractivity contribution in [1.82, 2.24) is 0 Å². The monoisotopic (exact) mass is 322 g/mol. The number of carbonyl (C=O) groups excluding carboxylic acids is 1. The highest BCUT2D eigenvalue weighted by Crippen LogP contribution is 2.29. The topological polar surface area (TPSA) is 44.8 Å². The lowest BCUT2D eigenvalue weighted by atomic mass is 10.2. The first kappa shape index (κ1) is 19.3. The Labute approximate surface area is 140 Å². The standard InChI is InChI=1S/C19H30O4/c1-13(2)10-21-17-8-7-16(19(20)23-12-15(5)6)9-18(17)22-11-14(3)4/h7-9,13-15H,10-12H2,1-6H3. The highest BCUT2D eigenvalue weighted by molar-refractivity contribution is 5.90. The smallest absolute Gasteiger partial charge is 0.338 e. The van der Waals surface area contributed by atoms with Crippen molar-refractivity contribution in [3.63, 3.8) is 0 Å². The van der Waals surface area contributed by atoms with E-state index in [9.17, 15) is 4.79 Å². The minimum Gasteiger partial charge on any atom is -0.489 e. The van der Waals surface area contributed by atoms with Crippen molar-refractivity contribution in [3.8, 4) is 11.5 Å². The van der Waals surface area contributed by atoms with Crippen LogP contribution < -0.4 is 9.47 Å². The molecule has 0 atom stereocenters. The second-order valence-electron chi connectivity index (χ2n) is 7.06. The van der Waals surface area contributed by atoms with Gasteiger partial charge in [-0.05, 0) is 36.0 Å². The number of ether oxygens (including phenoxy) is 3. The molecular formula is C19H30O4. The second-order valence-corrected chi connectivity index (χ2v) is 7.06. The molecule has 23 heavy (non-hydrogen) atoms. The zero-order valence-electron chi connectivity index (χ0n) is 15.2. The molecule has 0 radical (unpaired) electrons. The maximum Gasteiger partial charge on any atom is 0.338 e. The molecule has 0 unspecified atom stereocenters. The molecule has 0 amide bonds. The summed E-state index contributed by atoms with van der Waals surface area (Å²) in [5.41, 5.74) is 0.487. The summed E-state index contributed by atoms with van der Waals surface area (Å²) in [4.78, 5) is 12.1. The van der Waals surface area contributed by atoms with E-state index in [4.69, 9.17) is 14.2 Å². The fraction of sp³-hybridized carbons (Fsp3) is 0.632. The average molecular weight is 322 g/mol. The van der Waals surface area contributed by atoms with Crippen molar-refractivity contribution in [2.75, 3.05) is 19.8 Å². The zero-order valence-corrected chi connectivity index (χ0v) is 15.2. The Morgan fingerprint density at radius 2 is 1.35 bits per heavy atom. The van der Waals surface area contributed by atoms with E-state index >= 15 is 0 Å². The average Bonchev–Trinajstić information content (AvgIpc) is 2.48. The van der Waals surface area contributed by atoms with E-state index in [2.05, 4.69) is 27.7 Å². The van der Waals surface area contributed by atoms with E-state index < -0.39 is 0 Å². The Hall–Kier alpha value is -1.71. The van der Waals surface area contributed by atoms with Gasteiger partial charge in [-0.1, -0.05) is 41.5 Å². The number of hydrogen-bond acceptors (Lipinski definition) is 4. The van der Waals surface area contributed by atoms with Gasteiger partial charge in [0.2, 0.25) is 0 Å². The molecule has 0 aliphatic carbocycles. The van der Waals surface area contributed by atoms with Crippen LogP contribution in [0, 0.1) is 17.8 Å². The zero-order chi connectivity index (χ0) is 17.4. The lowest BCUT2D eigenvalue weighted by Crippen LogP contribution is -2.12. The maximum atomic E-state index is 12.1. The van der Waals surface area contributed by atoms with Crippen LogP contribution in [-0.2, 0) is 4.74 Å². The minimum absolute atomic E-state index is 0.309. The Morgan fingerprint density at radius 1 is 0.826 bits per heavy atom. The van der Waals surface area contributed by atoms with Crippen molar-refractivity contribution < 1.29 is 19.0 Å². The van der Waals surface area contributed by atoms with Crippen molar-refractivity contribution in [2.45, 2.75) is 41.5 Å². The molecule has 0 aromatic heterocycles. The van der Waals surface area contributed by atoms with E-state index in [0.717, 1.165) is 0 Å². The molecule has 1 aromatic carbocycles. The summed E-state index contributed by atoms with van der Waals surface area (Å²) in [5, 5.41) is 0. The van der Waals surface area contributed by atoms with E-state index in [1.54, 1.807) is 18.2 Å². The predicted octanol–water partition coefficient (Wildman–Crippen LogP) is 4.57. The lowest BCUT2D eigenvalue weighted by Gasteiger charge is -2.16. The van der Waals surface area contributed by atoms with Gasteiger partial charge in [-0.3, -0.25) is 0 Å². The van der Waals surface area contributed by atoms with Crippen molar-refractivity contribution in [1.29, 1.82) is 0 Å². The second kappa shape index (κ2) is 9.43. The van der Waals surface area contributed by atoms with Gasteiger partial charge < -0.3 is 14.2 Å². The number of carbonyl (C=O) groups is 1. The highest BCUT2D eigenvalue weighted by Gasteiger charge is 2.14. The summed E-state index contributed by atoms with van der Waals surface area (Å²) >= 11 is 0. The molecule has 0 spiro atoms. The Balaban J connectivity index is 2.88. The largest absolute Gasteiger partial charge is 0.489 e. The van der Waals surface area contributed by atoms with Gasteiger partial charge in [-0.15, -0.1) is 0 Å². The van der Waals surface area contributed by atoms with Gasteiger partial charge in [0.25, 0.3) is 0 Å². The van der Waals surface area contributed by atoms with Crippen LogP contribution >= 0.6 is 0 Å². The summed E-state index contributed by atoms with van der Waals surface area (Å²) < 4.78 is 16.9. The summed E-state index contributed by atoms with van der Waals surface area (Å²) in [6.07, 6.45) is 0. The van der Waals surface area contributed by atoms with Gasteiger partial charge in [0, 0.05) is 0 Å². The highest BCUT2D eigenvalue weighted by atomic mass is 16.5. The van der Waals surface area contributed by atoms with Crippen LogP contribution in [0.2, 0.25) is 0 Å². The van der Waals surface area contributed by atoms with Crippen LogP contribution in [0.5, 0.6) is 11.5 Å². The molecule has 0 fully saturated rings. The van der Waals surface area contributed by atoms with E-state index in [0.29, 0.717) is 54.6 Å². The minimum atomic E-state index is -0.330. The molecular weight excluding hydrogens is 292 g/mol. The molecule has 0 N–H and O–H groups in total. The molecule has 0 aliphatic rings. The molecule has 1 aromatic rings. The fourth-order valence-electron chi connectivity index (χ4n) is 1.71. The van der Waals surface area contributed by atoms with E-state index in [-0.39, 0.29) is 5.97 Å². The number of esters is 1. The number of rotatable bonds is 9. The van der Waals surface area contributed by atoms with Crippen LogP contribution in [0.4, 0.5) is 0 Å². The van der Waals surface area contributed by atoms with Crippen LogP contribution in [0.25, 0.3) is 0 Å². The number of hydrogen-bond donors (Lipinski definition) is 0. The van der Waals surface area contributed by atoms with Gasteiger partial charge in [-0.25, -0.2) is 4.79 Å². The quantitative estimate of drug-likeness (QED) is 0.625. The summed E-state index contributed by atoms with van der Waals surface area (Å²) in [5.74, 6) is 2.05. The van der Waals surface area contributed by atoms with Crippen LogP contribution in [0.15, 0.2) is 18.2 Å². The van der Waals surface area contributed by atoms with Crippen LogP contribution in [0.1, 0.15) is 51.9 Å². The first-order chi connectivity index (χ1) is 10.8. The molecule has 0 bridgehead atoms. The molecule has 4 nitrogen and oxygen atoms in total. The van der Waals surface area contributed by atoms with Gasteiger partial charge in [0.1, 0.15) is 0 Å². The molecule has 0 saturated carbocycles. The van der Waals surface area contributed by atoms with Gasteiger partial charge >= 0.3 is 5.97 Å². The Morgan fingerprint density at radius 3 is 1.87 bits per heavy atom. The first-order valence-electron chi connectivity index (χ1n) is 8.36. The van der Waals surface area contributed by atoms with Gasteiger partial charge in [0.15, 0.2) is 11.5 Å². The van der Waals surface area contributed by atoms with Crippen molar-refractivity contribution in [2.24, 2.45) is 17.8 Å². The first-order valence-corrected chi connectivity index (χ1v) is 8.36. The SMILES string of the molecule is CC(C)COC(=O)c1ccc(OCC(C)C)c(OCC(C)C)c1. The molecule has 0 aliphatic heterocycles. The predicted molar refractivity (Wildman–Crippen MR) is 92.2 cm³/mol. The Bertz CT molecular complexity index is 492. The third-order valence-electron chi connectivity index (χ3n) is 2.87. The maximum absolute atomic E-state index is 12.1. The van der Waals surface area contributed by atoms with Crippen LogP contribution in [-0.4, -0.2) is 25.8 Å². The van der Waals surface area contributed by atoms with Crippen molar-refractivity contribution >= 4 is 5.97 Å². The molecule has 0 saturated heterocycles. The van der Waals surface area contributed by atoms with Gasteiger partial charge in [-0.2, -0.15) is 0 Å².